The molecule has 0 heterocycles. The Hall–Kier alpha value is -4.92. The van der Waals surface area contributed by atoms with Gasteiger partial charge >= 0.3 is 23.9 Å². The highest BCUT2D eigenvalue weighted by Gasteiger charge is 2.11. The quantitative estimate of drug-likeness (QED) is 0.0235. The van der Waals surface area contributed by atoms with Gasteiger partial charge in [0.05, 0.1) is 37.6 Å². The Labute approximate surface area is 327 Å². The van der Waals surface area contributed by atoms with Crippen molar-refractivity contribution < 1.29 is 42.9 Å². The summed E-state index contributed by atoms with van der Waals surface area (Å²) in [7, 11) is 0. The third-order valence-corrected chi connectivity index (χ3v) is 9.02. The van der Waals surface area contributed by atoms with Crippen molar-refractivity contribution in [1.82, 2.24) is 0 Å². The van der Waals surface area contributed by atoms with Gasteiger partial charge in [-0.25, -0.2) is 14.4 Å². The van der Waals surface area contributed by atoms with Gasteiger partial charge in [-0.2, -0.15) is 0 Å². The lowest BCUT2D eigenvalue weighted by molar-refractivity contribution is -0.144. The molecule has 298 valence electrons. The third kappa shape index (κ3) is 18.8. The number of unbranched alkanes of at least 4 members (excludes halogenated alkanes) is 12. The Kier molecular flexibility index (Phi) is 21.7. The fraction of sp³-hybridized carbons (Fsp3) is 0.478. The minimum atomic E-state index is -0.468. The van der Waals surface area contributed by atoms with E-state index in [0.29, 0.717) is 61.0 Å². The maximum atomic E-state index is 12.7. The van der Waals surface area contributed by atoms with Crippen LogP contribution < -0.4 is 9.47 Å². The number of benzene rings is 3. The molecule has 0 saturated carbocycles. The second kappa shape index (κ2) is 26.8. The maximum Gasteiger partial charge on any atom is 0.343 e. The van der Waals surface area contributed by atoms with Crippen LogP contribution in [0.4, 0.5) is 0 Å². The molecule has 0 bridgehead atoms. The first-order valence-corrected chi connectivity index (χ1v) is 20.1. The zero-order valence-corrected chi connectivity index (χ0v) is 33.0. The lowest BCUT2D eigenvalue weighted by Gasteiger charge is -2.09. The molecular formula is C46H60O9. The average molecular weight is 757 g/mol. The van der Waals surface area contributed by atoms with Crippen LogP contribution in [0.3, 0.4) is 0 Å². The van der Waals surface area contributed by atoms with Gasteiger partial charge in [-0.3, -0.25) is 4.79 Å². The zero-order valence-electron chi connectivity index (χ0n) is 33.0. The molecule has 0 atom stereocenters. The van der Waals surface area contributed by atoms with Crippen molar-refractivity contribution in [1.29, 1.82) is 0 Å². The predicted octanol–water partition coefficient (Wildman–Crippen LogP) is 11.0. The molecule has 3 aromatic rings. The van der Waals surface area contributed by atoms with Gasteiger partial charge in [0.2, 0.25) is 0 Å². The van der Waals surface area contributed by atoms with Crippen molar-refractivity contribution in [3.63, 3.8) is 0 Å². The standard InChI is InChI=1S/C46H60O9/c1-4-5-6-7-8-9-14-19-43(47)52-33-16-11-13-18-35-54-45(49)39-22-20-37(21-23-39)38-24-30-42(31-25-38)55-46(50)40-26-28-41(29-27-40)51-32-15-10-12-17-34-53-44(48)36(2)3/h20-31H,2,4-19,32-35H2,1,3H3. The molecule has 0 spiro atoms. The summed E-state index contributed by atoms with van der Waals surface area (Å²) >= 11 is 0. The van der Waals surface area contributed by atoms with E-state index in [9.17, 15) is 19.2 Å². The van der Waals surface area contributed by atoms with E-state index in [2.05, 4.69) is 13.5 Å². The Morgan fingerprint density at radius 3 is 1.55 bits per heavy atom. The summed E-state index contributed by atoms with van der Waals surface area (Å²) in [5.74, 6) is -0.189. The van der Waals surface area contributed by atoms with Gasteiger partial charge in [0.25, 0.3) is 0 Å². The molecule has 0 aliphatic carbocycles. The molecule has 0 fully saturated rings. The number of rotatable bonds is 28. The van der Waals surface area contributed by atoms with Crippen molar-refractivity contribution in [2.24, 2.45) is 0 Å². The summed E-state index contributed by atoms with van der Waals surface area (Å²) in [5.41, 5.74) is 3.13. The first kappa shape index (κ1) is 44.5. The van der Waals surface area contributed by atoms with Gasteiger partial charge in [-0.1, -0.05) is 76.3 Å². The first-order valence-electron chi connectivity index (χ1n) is 20.1. The number of carbonyl (C=O) groups excluding carboxylic acids is 4. The van der Waals surface area contributed by atoms with Gasteiger partial charge in [0, 0.05) is 12.0 Å². The van der Waals surface area contributed by atoms with Crippen LogP contribution in [0.1, 0.15) is 137 Å². The van der Waals surface area contributed by atoms with E-state index in [4.69, 9.17) is 23.7 Å². The van der Waals surface area contributed by atoms with E-state index in [1.165, 1.54) is 32.1 Å². The fourth-order valence-corrected chi connectivity index (χ4v) is 5.69. The van der Waals surface area contributed by atoms with Gasteiger partial charge < -0.3 is 23.7 Å². The molecule has 9 heteroatoms. The number of hydrogen-bond donors (Lipinski definition) is 0. The molecular weight excluding hydrogens is 696 g/mol. The maximum absolute atomic E-state index is 12.7. The van der Waals surface area contributed by atoms with E-state index >= 15 is 0 Å². The highest BCUT2D eigenvalue weighted by atomic mass is 16.5. The number of esters is 4. The third-order valence-electron chi connectivity index (χ3n) is 9.02. The topological polar surface area (TPSA) is 114 Å². The molecule has 0 aliphatic rings. The van der Waals surface area contributed by atoms with E-state index < -0.39 is 5.97 Å². The Bertz CT molecular complexity index is 1580. The van der Waals surface area contributed by atoms with Crippen molar-refractivity contribution in [3.05, 3.63) is 96.1 Å². The fourth-order valence-electron chi connectivity index (χ4n) is 5.69. The summed E-state index contributed by atoms with van der Waals surface area (Å²) in [5, 5.41) is 0. The van der Waals surface area contributed by atoms with Crippen molar-refractivity contribution in [2.75, 3.05) is 26.4 Å². The molecule has 0 aromatic heterocycles. The highest BCUT2D eigenvalue weighted by Crippen LogP contribution is 2.24. The highest BCUT2D eigenvalue weighted by molar-refractivity contribution is 5.91. The molecule has 55 heavy (non-hydrogen) atoms. The van der Waals surface area contributed by atoms with Gasteiger partial charge in [0.1, 0.15) is 11.5 Å². The second-order valence-electron chi connectivity index (χ2n) is 13.8. The summed E-state index contributed by atoms with van der Waals surface area (Å²) in [4.78, 5) is 48.5. The molecule has 3 aromatic carbocycles. The molecule has 0 radical (unpaired) electrons. The van der Waals surface area contributed by atoms with Gasteiger partial charge in [-0.15, -0.1) is 0 Å². The van der Waals surface area contributed by atoms with Gasteiger partial charge in [-0.05, 0) is 124 Å². The zero-order chi connectivity index (χ0) is 39.5. The Morgan fingerprint density at radius 2 is 0.945 bits per heavy atom. The summed E-state index contributed by atoms with van der Waals surface area (Å²) in [6.07, 6.45) is 15.7. The molecule has 0 N–H and O–H groups in total. The summed E-state index contributed by atoms with van der Waals surface area (Å²) in [6.45, 7) is 9.15. The van der Waals surface area contributed by atoms with Crippen LogP contribution in [0.2, 0.25) is 0 Å². The average Bonchev–Trinajstić information content (AvgIpc) is 3.19. The normalized spacial score (nSPS) is 10.7. The molecule has 9 nitrogen and oxygen atoms in total. The summed E-state index contributed by atoms with van der Waals surface area (Å²) < 4.78 is 27.2. The van der Waals surface area contributed by atoms with Crippen LogP contribution in [0.25, 0.3) is 11.1 Å². The number of hydrogen-bond acceptors (Lipinski definition) is 9. The molecule has 0 saturated heterocycles. The van der Waals surface area contributed by atoms with Crippen LogP contribution in [0.5, 0.6) is 11.5 Å². The van der Waals surface area contributed by atoms with Crippen LogP contribution in [0.15, 0.2) is 84.9 Å². The number of carbonyl (C=O) groups is 4. The number of ether oxygens (including phenoxy) is 5. The monoisotopic (exact) mass is 756 g/mol. The van der Waals surface area contributed by atoms with Crippen LogP contribution in [-0.4, -0.2) is 50.3 Å². The van der Waals surface area contributed by atoms with E-state index in [1.807, 2.05) is 24.3 Å². The minimum Gasteiger partial charge on any atom is -0.494 e. The van der Waals surface area contributed by atoms with Gasteiger partial charge in [0.15, 0.2) is 0 Å². The Morgan fingerprint density at radius 1 is 0.491 bits per heavy atom. The van der Waals surface area contributed by atoms with Crippen LogP contribution in [-0.2, 0) is 23.8 Å². The smallest absolute Gasteiger partial charge is 0.343 e. The van der Waals surface area contributed by atoms with Crippen LogP contribution in [0, 0.1) is 0 Å². The molecule has 0 aliphatic heterocycles. The first-order chi connectivity index (χ1) is 26.8. The lowest BCUT2D eigenvalue weighted by atomic mass is 10.0. The minimum absolute atomic E-state index is 0.102. The summed E-state index contributed by atoms with van der Waals surface area (Å²) in [6, 6.07) is 21.2. The van der Waals surface area contributed by atoms with Crippen molar-refractivity contribution in [2.45, 2.75) is 117 Å². The van der Waals surface area contributed by atoms with Crippen molar-refractivity contribution >= 4 is 23.9 Å². The lowest BCUT2D eigenvalue weighted by Crippen LogP contribution is -2.08. The SMILES string of the molecule is C=C(C)C(=O)OCCCCCCOc1ccc(C(=O)Oc2ccc(-c3ccc(C(=O)OCCCCCCOC(=O)CCCCCCCCC)cc3)cc2)cc1. The van der Waals surface area contributed by atoms with Crippen LogP contribution >= 0.6 is 0 Å². The Balaban J connectivity index is 1.26. The molecule has 3 rings (SSSR count). The second-order valence-corrected chi connectivity index (χ2v) is 13.8. The van der Waals surface area contributed by atoms with E-state index in [0.717, 1.165) is 75.3 Å². The largest absolute Gasteiger partial charge is 0.494 e. The molecule has 0 amide bonds. The molecule has 0 unspecified atom stereocenters. The predicted molar refractivity (Wildman–Crippen MR) is 215 cm³/mol. The van der Waals surface area contributed by atoms with Crippen molar-refractivity contribution in [3.8, 4) is 22.6 Å². The van der Waals surface area contributed by atoms with E-state index in [-0.39, 0.29) is 17.9 Å². The van der Waals surface area contributed by atoms with E-state index in [1.54, 1.807) is 55.5 Å².